The quantitative estimate of drug-likeness (QED) is 0.878. The SMILES string of the molecule is CC(c1cccc2ccccc12)C(C)(C)C(N)=O. The van der Waals surface area contributed by atoms with Gasteiger partial charge in [-0.15, -0.1) is 0 Å². The van der Waals surface area contributed by atoms with Crippen LogP contribution in [0.25, 0.3) is 10.8 Å². The van der Waals surface area contributed by atoms with Crippen molar-refractivity contribution in [3.8, 4) is 0 Å². The van der Waals surface area contributed by atoms with E-state index in [1.165, 1.54) is 16.3 Å². The summed E-state index contributed by atoms with van der Waals surface area (Å²) >= 11 is 0. The van der Waals surface area contributed by atoms with Gasteiger partial charge in [0.1, 0.15) is 0 Å². The molecule has 2 nitrogen and oxygen atoms in total. The summed E-state index contributed by atoms with van der Waals surface area (Å²) in [5.41, 5.74) is 6.14. The molecule has 1 atom stereocenters. The topological polar surface area (TPSA) is 43.1 Å². The minimum Gasteiger partial charge on any atom is -0.369 e. The highest BCUT2D eigenvalue weighted by molar-refractivity contribution is 5.88. The summed E-state index contributed by atoms with van der Waals surface area (Å²) in [7, 11) is 0. The maximum atomic E-state index is 11.6. The molecular formula is C16H19NO. The van der Waals surface area contributed by atoms with Crippen molar-refractivity contribution in [2.75, 3.05) is 0 Å². The molecule has 0 radical (unpaired) electrons. The lowest BCUT2D eigenvalue weighted by molar-refractivity contribution is -0.126. The molecule has 0 aliphatic carbocycles. The highest BCUT2D eigenvalue weighted by atomic mass is 16.1. The van der Waals surface area contributed by atoms with Gasteiger partial charge in [0.05, 0.1) is 0 Å². The monoisotopic (exact) mass is 241 g/mol. The van der Waals surface area contributed by atoms with Crippen molar-refractivity contribution in [2.24, 2.45) is 11.1 Å². The number of carbonyl (C=O) groups is 1. The lowest BCUT2D eigenvalue weighted by atomic mass is 9.74. The Kier molecular flexibility index (Phi) is 3.12. The molecule has 2 aromatic rings. The Morgan fingerprint density at radius 3 is 2.39 bits per heavy atom. The number of benzene rings is 2. The number of fused-ring (bicyclic) bond motifs is 1. The predicted octanol–water partition coefficient (Wildman–Crippen LogP) is 3.45. The molecule has 0 aromatic heterocycles. The second kappa shape index (κ2) is 4.45. The van der Waals surface area contributed by atoms with Crippen LogP contribution >= 0.6 is 0 Å². The third-order valence-corrected chi connectivity index (χ3v) is 4.01. The van der Waals surface area contributed by atoms with E-state index in [4.69, 9.17) is 5.73 Å². The molecule has 0 spiro atoms. The van der Waals surface area contributed by atoms with Crippen LogP contribution in [-0.4, -0.2) is 5.91 Å². The molecule has 0 saturated carbocycles. The molecule has 2 N–H and O–H groups in total. The molecule has 1 amide bonds. The minimum atomic E-state index is -0.551. The second-order valence-corrected chi connectivity index (χ2v) is 5.38. The Hall–Kier alpha value is -1.83. The van der Waals surface area contributed by atoms with E-state index in [0.717, 1.165) is 0 Å². The summed E-state index contributed by atoms with van der Waals surface area (Å²) in [6, 6.07) is 14.4. The van der Waals surface area contributed by atoms with E-state index in [-0.39, 0.29) is 11.8 Å². The minimum absolute atomic E-state index is 0.0844. The predicted molar refractivity (Wildman–Crippen MR) is 75.3 cm³/mol. The molecule has 2 aromatic carbocycles. The van der Waals surface area contributed by atoms with Crippen molar-refractivity contribution in [1.82, 2.24) is 0 Å². The molecule has 0 fully saturated rings. The average Bonchev–Trinajstić information content (AvgIpc) is 2.37. The average molecular weight is 241 g/mol. The number of amides is 1. The van der Waals surface area contributed by atoms with Crippen LogP contribution in [0.1, 0.15) is 32.3 Å². The first-order chi connectivity index (χ1) is 8.44. The van der Waals surface area contributed by atoms with Crippen LogP contribution in [0.4, 0.5) is 0 Å². The van der Waals surface area contributed by atoms with E-state index in [2.05, 4.69) is 31.2 Å². The molecule has 0 aliphatic rings. The van der Waals surface area contributed by atoms with Gasteiger partial charge in [0.15, 0.2) is 0 Å². The van der Waals surface area contributed by atoms with Gasteiger partial charge in [-0.3, -0.25) is 4.79 Å². The van der Waals surface area contributed by atoms with E-state index >= 15 is 0 Å². The van der Waals surface area contributed by atoms with Crippen molar-refractivity contribution in [2.45, 2.75) is 26.7 Å². The number of hydrogen-bond donors (Lipinski definition) is 1. The van der Waals surface area contributed by atoms with Gasteiger partial charge in [-0.05, 0) is 22.3 Å². The number of nitrogens with two attached hydrogens (primary N) is 1. The molecule has 94 valence electrons. The van der Waals surface area contributed by atoms with Gasteiger partial charge in [0.25, 0.3) is 0 Å². The molecule has 0 saturated heterocycles. The Bertz CT molecular complexity index is 581. The Balaban J connectivity index is 2.58. The van der Waals surface area contributed by atoms with E-state index < -0.39 is 5.41 Å². The maximum Gasteiger partial charge on any atom is 0.223 e. The van der Waals surface area contributed by atoms with Crippen molar-refractivity contribution >= 4 is 16.7 Å². The van der Waals surface area contributed by atoms with Gasteiger partial charge in [-0.1, -0.05) is 63.2 Å². The molecule has 1 unspecified atom stereocenters. The summed E-state index contributed by atoms with van der Waals surface area (Å²) in [6.07, 6.45) is 0. The fourth-order valence-electron chi connectivity index (χ4n) is 2.23. The third-order valence-electron chi connectivity index (χ3n) is 4.01. The van der Waals surface area contributed by atoms with Crippen molar-refractivity contribution < 1.29 is 4.79 Å². The Labute approximate surface area is 108 Å². The fourth-order valence-corrected chi connectivity index (χ4v) is 2.23. The summed E-state index contributed by atoms with van der Waals surface area (Å²) < 4.78 is 0. The van der Waals surface area contributed by atoms with Gasteiger partial charge in [0.2, 0.25) is 5.91 Å². The highest BCUT2D eigenvalue weighted by Gasteiger charge is 2.33. The summed E-state index contributed by atoms with van der Waals surface area (Å²) in [5.74, 6) is -0.177. The summed E-state index contributed by atoms with van der Waals surface area (Å²) in [6.45, 7) is 5.87. The lowest BCUT2D eigenvalue weighted by Gasteiger charge is -2.29. The van der Waals surface area contributed by atoms with Crippen molar-refractivity contribution in [3.05, 3.63) is 48.0 Å². The first kappa shape index (κ1) is 12.6. The molecule has 2 heteroatoms. The Morgan fingerprint density at radius 1 is 1.11 bits per heavy atom. The van der Waals surface area contributed by atoms with E-state index in [0.29, 0.717) is 0 Å². The second-order valence-electron chi connectivity index (χ2n) is 5.38. The number of carbonyl (C=O) groups excluding carboxylic acids is 1. The van der Waals surface area contributed by atoms with Crippen LogP contribution in [0.15, 0.2) is 42.5 Å². The summed E-state index contributed by atoms with van der Waals surface area (Å²) in [4.78, 5) is 11.6. The molecule has 0 aliphatic heterocycles. The molecule has 18 heavy (non-hydrogen) atoms. The first-order valence-corrected chi connectivity index (χ1v) is 6.22. The summed E-state index contributed by atoms with van der Waals surface area (Å²) in [5, 5.41) is 2.39. The lowest BCUT2D eigenvalue weighted by Crippen LogP contribution is -2.36. The zero-order valence-electron chi connectivity index (χ0n) is 11.1. The van der Waals surface area contributed by atoms with E-state index in [9.17, 15) is 4.79 Å². The largest absolute Gasteiger partial charge is 0.369 e. The van der Waals surface area contributed by atoms with E-state index in [1.54, 1.807) is 0 Å². The molecule has 2 rings (SSSR count). The van der Waals surface area contributed by atoms with Crippen LogP contribution in [0, 0.1) is 5.41 Å². The van der Waals surface area contributed by atoms with E-state index in [1.807, 2.05) is 32.0 Å². The fraction of sp³-hybridized carbons (Fsp3) is 0.312. The van der Waals surface area contributed by atoms with Crippen LogP contribution in [0.3, 0.4) is 0 Å². The van der Waals surface area contributed by atoms with Crippen molar-refractivity contribution in [3.63, 3.8) is 0 Å². The van der Waals surface area contributed by atoms with Gasteiger partial charge in [-0.25, -0.2) is 0 Å². The van der Waals surface area contributed by atoms with Crippen LogP contribution < -0.4 is 5.73 Å². The van der Waals surface area contributed by atoms with Gasteiger partial charge in [0, 0.05) is 5.41 Å². The van der Waals surface area contributed by atoms with Crippen LogP contribution in [0.2, 0.25) is 0 Å². The van der Waals surface area contributed by atoms with Gasteiger partial charge < -0.3 is 5.73 Å². The number of hydrogen-bond acceptors (Lipinski definition) is 1. The van der Waals surface area contributed by atoms with Gasteiger partial charge >= 0.3 is 0 Å². The number of rotatable bonds is 3. The standard InChI is InChI=1S/C16H19NO/c1-11(16(2,3)15(17)18)13-10-6-8-12-7-4-5-9-14(12)13/h4-11H,1-3H3,(H2,17,18). The third kappa shape index (κ3) is 1.99. The number of primary amides is 1. The first-order valence-electron chi connectivity index (χ1n) is 6.22. The zero-order chi connectivity index (χ0) is 13.3. The Morgan fingerprint density at radius 2 is 1.72 bits per heavy atom. The highest BCUT2D eigenvalue weighted by Crippen LogP contribution is 2.37. The zero-order valence-corrected chi connectivity index (χ0v) is 11.1. The maximum absolute atomic E-state index is 11.6. The van der Waals surface area contributed by atoms with Crippen LogP contribution in [-0.2, 0) is 4.79 Å². The smallest absolute Gasteiger partial charge is 0.223 e. The van der Waals surface area contributed by atoms with Crippen molar-refractivity contribution in [1.29, 1.82) is 0 Å². The molecule has 0 heterocycles. The normalized spacial score (nSPS) is 13.5. The van der Waals surface area contributed by atoms with Crippen LogP contribution in [0.5, 0.6) is 0 Å². The molecule has 0 bridgehead atoms. The molecular weight excluding hydrogens is 222 g/mol. The van der Waals surface area contributed by atoms with Gasteiger partial charge in [-0.2, -0.15) is 0 Å².